The predicted octanol–water partition coefficient (Wildman–Crippen LogP) is 1.91. The van der Waals surface area contributed by atoms with E-state index in [9.17, 15) is 8.42 Å². The Labute approximate surface area is 113 Å². The Bertz CT molecular complexity index is 588. The van der Waals surface area contributed by atoms with E-state index in [1.54, 1.807) is 6.07 Å². The molecule has 0 N–H and O–H groups in total. The van der Waals surface area contributed by atoms with Crippen molar-refractivity contribution in [3.8, 4) is 6.07 Å². The lowest BCUT2D eigenvalue weighted by Gasteiger charge is -2.21. The van der Waals surface area contributed by atoms with Gasteiger partial charge < -0.3 is 0 Å². The van der Waals surface area contributed by atoms with E-state index in [2.05, 4.69) is 4.98 Å². The first-order chi connectivity index (χ1) is 9.11. The molecule has 0 aliphatic heterocycles. The van der Waals surface area contributed by atoms with E-state index in [-0.39, 0.29) is 16.6 Å². The Morgan fingerprint density at radius 1 is 1.53 bits per heavy atom. The molecule has 0 bridgehead atoms. The Kier molecular flexibility index (Phi) is 4.17. The fourth-order valence-electron chi connectivity index (χ4n) is 1.98. The highest BCUT2D eigenvalue weighted by atomic mass is 32.2. The van der Waals surface area contributed by atoms with Gasteiger partial charge >= 0.3 is 0 Å². The number of hydrogen-bond donors (Lipinski definition) is 0. The van der Waals surface area contributed by atoms with E-state index in [0.29, 0.717) is 6.54 Å². The van der Waals surface area contributed by atoms with Gasteiger partial charge in [-0.25, -0.2) is 13.4 Å². The van der Waals surface area contributed by atoms with Crippen molar-refractivity contribution in [2.45, 2.75) is 43.5 Å². The number of sulfonamides is 1. The highest BCUT2D eigenvalue weighted by Crippen LogP contribution is 2.32. The lowest BCUT2D eigenvalue weighted by atomic mass is 10.3. The molecular formula is C13H17N3O2S. The molecule has 6 heteroatoms. The molecule has 1 fully saturated rings. The second kappa shape index (κ2) is 5.68. The van der Waals surface area contributed by atoms with Crippen LogP contribution in [0.4, 0.5) is 0 Å². The first-order valence-corrected chi connectivity index (χ1v) is 7.92. The van der Waals surface area contributed by atoms with Crippen LogP contribution in [-0.2, 0) is 10.0 Å². The highest BCUT2D eigenvalue weighted by Gasteiger charge is 2.38. The van der Waals surface area contributed by atoms with Crippen LogP contribution in [-0.4, -0.2) is 30.3 Å². The van der Waals surface area contributed by atoms with Gasteiger partial charge in [0.05, 0.1) is 0 Å². The van der Waals surface area contributed by atoms with E-state index in [0.717, 1.165) is 25.7 Å². The highest BCUT2D eigenvalue weighted by molar-refractivity contribution is 7.89. The van der Waals surface area contributed by atoms with Crippen LogP contribution in [0.15, 0.2) is 23.2 Å². The Hall–Kier alpha value is -1.45. The summed E-state index contributed by atoms with van der Waals surface area (Å²) >= 11 is 0. The van der Waals surface area contributed by atoms with Gasteiger partial charge in [-0.05, 0) is 31.4 Å². The van der Waals surface area contributed by atoms with E-state index in [1.165, 1.54) is 16.6 Å². The molecule has 19 heavy (non-hydrogen) atoms. The molecule has 0 aromatic carbocycles. The number of nitriles is 1. The zero-order valence-electron chi connectivity index (χ0n) is 10.9. The molecule has 0 unspecified atom stereocenters. The van der Waals surface area contributed by atoms with Gasteiger partial charge in [-0.3, -0.25) is 0 Å². The average Bonchev–Trinajstić information content (AvgIpc) is 3.23. The molecule has 102 valence electrons. The molecule has 1 aliphatic rings. The fourth-order valence-corrected chi connectivity index (χ4v) is 3.80. The van der Waals surface area contributed by atoms with Gasteiger partial charge in [0.1, 0.15) is 11.0 Å². The first-order valence-electron chi connectivity index (χ1n) is 6.48. The average molecular weight is 279 g/mol. The third-order valence-corrected chi connectivity index (χ3v) is 5.13. The zero-order chi connectivity index (χ0) is 13.9. The molecule has 0 radical (unpaired) electrons. The van der Waals surface area contributed by atoms with Crippen LogP contribution < -0.4 is 0 Å². The van der Waals surface area contributed by atoms with Crippen molar-refractivity contribution < 1.29 is 8.42 Å². The number of pyridine rings is 1. The number of nitrogens with zero attached hydrogens (tertiary/aromatic N) is 3. The Morgan fingerprint density at radius 2 is 2.26 bits per heavy atom. The van der Waals surface area contributed by atoms with Crippen LogP contribution in [0.1, 0.15) is 38.3 Å². The van der Waals surface area contributed by atoms with Crippen molar-refractivity contribution in [2.75, 3.05) is 6.54 Å². The minimum atomic E-state index is -3.60. The van der Waals surface area contributed by atoms with Crippen LogP contribution in [0.5, 0.6) is 0 Å². The van der Waals surface area contributed by atoms with Gasteiger partial charge in [0, 0.05) is 18.8 Å². The number of aromatic nitrogens is 1. The number of unbranched alkanes of at least 4 members (excludes halogenated alkanes) is 1. The van der Waals surface area contributed by atoms with E-state index < -0.39 is 10.0 Å². The summed E-state index contributed by atoms with van der Waals surface area (Å²) in [6.07, 6.45) is 5.02. The lowest BCUT2D eigenvalue weighted by molar-refractivity contribution is 0.395. The third-order valence-electron chi connectivity index (χ3n) is 3.15. The van der Waals surface area contributed by atoms with Crippen LogP contribution in [0.2, 0.25) is 0 Å². The van der Waals surface area contributed by atoms with Crippen molar-refractivity contribution in [3.63, 3.8) is 0 Å². The summed E-state index contributed by atoms with van der Waals surface area (Å²) in [5.74, 6) is 0. The summed E-state index contributed by atoms with van der Waals surface area (Å²) in [6.45, 7) is 2.55. The van der Waals surface area contributed by atoms with Crippen molar-refractivity contribution in [1.82, 2.24) is 9.29 Å². The Morgan fingerprint density at radius 3 is 2.84 bits per heavy atom. The standard InChI is InChI=1S/C13H17N3O2S/c1-2-3-9-16(11-6-7-11)19(17,18)13-5-4-8-15-12(13)10-14/h4-5,8,11H,2-3,6-7,9H2,1H3. The second-order valence-corrected chi connectivity index (χ2v) is 6.52. The van der Waals surface area contributed by atoms with Crippen LogP contribution in [0, 0.1) is 11.3 Å². The minimum absolute atomic E-state index is 0.0235. The van der Waals surface area contributed by atoms with Crippen molar-refractivity contribution in [1.29, 1.82) is 5.26 Å². The molecule has 0 amide bonds. The summed E-state index contributed by atoms with van der Waals surface area (Å²) in [4.78, 5) is 3.87. The van der Waals surface area contributed by atoms with Gasteiger partial charge in [0.25, 0.3) is 0 Å². The second-order valence-electron chi connectivity index (χ2n) is 4.66. The fraction of sp³-hybridized carbons (Fsp3) is 0.538. The van der Waals surface area contributed by atoms with Crippen molar-refractivity contribution in [2.24, 2.45) is 0 Å². The molecule has 5 nitrogen and oxygen atoms in total. The molecule has 1 saturated carbocycles. The summed E-state index contributed by atoms with van der Waals surface area (Å²) in [5.41, 5.74) is -0.0235. The lowest BCUT2D eigenvalue weighted by Crippen LogP contribution is -2.34. The van der Waals surface area contributed by atoms with Gasteiger partial charge in [-0.15, -0.1) is 0 Å². The van der Waals surface area contributed by atoms with Gasteiger partial charge in [-0.1, -0.05) is 13.3 Å². The summed E-state index contributed by atoms with van der Waals surface area (Å²) in [6, 6.07) is 4.97. The van der Waals surface area contributed by atoms with Crippen LogP contribution in [0.3, 0.4) is 0 Å². The zero-order valence-corrected chi connectivity index (χ0v) is 11.7. The molecule has 1 aromatic rings. The van der Waals surface area contributed by atoms with Crippen LogP contribution in [0.25, 0.3) is 0 Å². The van der Waals surface area contributed by atoms with E-state index in [1.807, 2.05) is 13.0 Å². The third kappa shape index (κ3) is 2.94. The summed E-state index contributed by atoms with van der Waals surface area (Å²) in [7, 11) is -3.60. The monoisotopic (exact) mass is 279 g/mol. The van der Waals surface area contributed by atoms with E-state index >= 15 is 0 Å². The van der Waals surface area contributed by atoms with Crippen molar-refractivity contribution >= 4 is 10.0 Å². The topological polar surface area (TPSA) is 74.1 Å². The SMILES string of the molecule is CCCCN(C1CC1)S(=O)(=O)c1cccnc1C#N. The predicted molar refractivity (Wildman–Crippen MR) is 70.8 cm³/mol. The summed E-state index contributed by atoms with van der Waals surface area (Å²) < 4.78 is 26.8. The summed E-state index contributed by atoms with van der Waals surface area (Å²) in [5, 5.41) is 9.00. The van der Waals surface area contributed by atoms with Gasteiger partial charge in [-0.2, -0.15) is 9.57 Å². The molecular weight excluding hydrogens is 262 g/mol. The smallest absolute Gasteiger partial charge is 0.244 e. The maximum atomic E-state index is 12.6. The van der Waals surface area contributed by atoms with Crippen LogP contribution >= 0.6 is 0 Å². The van der Waals surface area contributed by atoms with Gasteiger partial charge in [0.2, 0.25) is 10.0 Å². The van der Waals surface area contributed by atoms with Crippen molar-refractivity contribution in [3.05, 3.63) is 24.0 Å². The maximum Gasteiger partial charge on any atom is 0.246 e. The molecule has 2 rings (SSSR count). The molecule has 1 aromatic heterocycles. The number of hydrogen-bond acceptors (Lipinski definition) is 4. The molecule has 1 heterocycles. The molecule has 0 atom stereocenters. The first kappa shape index (κ1) is 14.0. The molecule has 0 spiro atoms. The Balaban J connectivity index is 2.36. The number of rotatable bonds is 6. The largest absolute Gasteiger partial charge is 0.246 e. The minimum Gasteiger partial charge on any atom is -0.244 e. The quantitative estimate of drug-likeness (QED) is 0.797. The normalized spacial score (nSPS) is 15.4. The van der Waals surface area contributed by atoms with Gasteiger partial charge in [0.15, 0.2) is 5.69 Å². The maximum absolute atomic E-state index is 12.6. The van der Waals surface area contributed by atoms with E-state index in [4.69, 9.17) is 5.26 Å². The molecule has 0 saturated heterocycles. The molecule has 1 aliphatic carbocycles.